The Morgan fingerprint density at radius 3 is 2.92 bits per heavy atom. The number of benzene rings is 1. The van der Waals surface area contributed by atoms with Crippen LogP contribution in [-0.2, 0) is 24.2 Å². The molecule has 0 radical (unpaired) electrons. The van der Waals surface area contributed by atoms with Gasteiger partial charge >= 0.3 is 0 Å². The van der Waals surface area contributed by atoms with Crippen molar-refractivity contribution in [2.75, 3.05) is 20.6 Å². The van der Waals surface area contributed by atoms with Gasteiger partial charge in [-0.1, -0.05) is 24.3 Å². The molecule has 0 spiro atoms. The molecule has 2 heterocycles. The number of aryl methyl sites for hydroxylation is 1. The van der Waals surface area contributed by atoms with Crippen LogP contribution in [-0.4, -0.2) is 52.6 Å². The van der Waals surface area contributed by atoms with Gasteiger partial charge < -0.3 is 4.90 Å². The van der Waals surface area contributed by atoms with Gasteiger partial charge in [0.1, 0.15) is 0 Å². The molecule has 2 aromatic rings. The Morgan fingerprint density at radius 2 is 2.17 bits per heavy atom. The van der Waals surface area contributed by atoms with Crippen LogP contribution < -0.4 is 0 Å². The van der Waals surface area contributed by atoms with Crippen molar-refractivity contribution < 1.29 is 4.79 Å². The Hall–Kier alpha value is -2.14. The molecule has 0 fully saturated rings. The summed E-state index contributed by atoms with van der Waals surface area (Å²) in [5.41, 5.74) is 3.99. The van der Waals surface area contributed by atoms with E-state index in [1.54, 1.807) is 0 Å². The second-order valence-electron chi connectivity index (χ2n) is 6.78. The van der Waals surface area contributed by atoms with Gasteiger partial charge in [0.2, 0.25) is 5.91 Å². The lowest BCUT2D eigenvalue weighted by atomic mass is 9.94. The average Bonchev–Trinajstić information content (AvgIpc) is 3.08. The summed E-state index contributed by atoms with van der Waals surface area (Å²) in [6.45, 7) is 1.75. The Bertz CT molecular complexity index is 668. The molecule has 0 saturated heterocycles. The van der Waals surface area contributed by atoms with E-state index in [2.05, 4.69) is 46.4 Å². The number of likely N-dealkylation sites (N-methyl/N-ethyl adjacent to an activating group) is 2. The Kier molecular flexibility index (Phi) is 5.30. The minimum absolute atomic E-state index is 0.228. The number of carbonyl (C=O) groups excluding carboxylic acids is 1. The van der Waals surface area contributed by atoms with Crippen molar-refractivity contribution >= 4 is 5.91 Å². The third-order valence-electron chi connectivity index (χ3n) is 4.94. The quantitative estimate of drug-likeness (QED) is 0.886. The zero-order valence-electron chi connectivity index (χ0n) is 14.5. The van der Waals surface area contributed by atoms with Gasteiger partial charge in [-0.15, -0.1) is 0 Å². The van der Waals surface area contributed by atoms with Crippen LogP contribution in [0.2, 0.25) is 0 Å². The molecule has 0 saturated carbocycles. The molecule has 1 N–H and O–H groups in total. The van der Waals surface area contributed by atoms with Crippen molar-refractivity contribution in [2.24, 2.45) is 0 Å². The van der Waals surface area contributed by atoms with E-state index in [0.717, 1.165) is 37.9 Å². The first kappa shape index (κ1) is 16.7. The van der Waals surface area contributed by atoms with Crippen molar-refractivity contribution in [1.82, 2.24) is 20.0 Å². The van der Waals surface area contributed by atoms with Crippen LogP contribution in [0.1, 0.15) is 29.5 Å². The summed E-state index contributed by atoms with van der Waals surface area (Å²) in [5.74, 6) is 0.228. The van der Waals surface area contributed by atoms with Crippen LogP contribution in [0.25, 0.3) is 0 Å². The van der Waals surface area contributed by atoms with Gasteiger partial charge in [0, 0.05) is 38.8 Å². The van der Waals surface area contributed by atoms with E-state index < -0.39 is 0 Å². The predicted octanol–water partition coefficient (Wildman–Crippen LogP) is 2.25. The molecule has 1 atom stereocenters. The first-order chi connectivity index (χ1) is 11.6. The lowest BCUT2D eigenvalue weighted by Crippen LogP contribution is -2.46. The zero-order valence-corrected chi connectivity index (χ0v) is 14.5. The minimum Gasteiger partial charge on any atom is -0.344 e. The zero-order chi connectivity index (χ0) is 16.9. The molecule has 128 valence electrons. The maximum absolute atomic E-state index is 12.4. The van der Waals surface area contributed by atoms with Gasteiger partial charge in [0.15, 0.2) is 0 Å². The summed E-state index contributed by atoms with van der Waals surface area (Å²) >= 11 is 0. The normalized spacial score (nSPS) is 17.5. The van der Waals surface area contributed by atoms with E-state index in [1.165, 1.54) is 11.1 Å². The summed E-state index contributed by atoms with van der Waals surface area (Å²) in [7, 11) is 4.08. The number of aromatic nitrogens is 2. The Labute approximate surface area is 143 Å². The number of H-pyrrole nitrogens is 1. The maximum Gasteiger partial charge on any atom is 0.222 e. The highest BCUT2D eigenvalue weighted by atomic mass is 16.2. The van der Waals surface area contributed by atoms with E-state index >= 15 is 0 Å². The SMILES string of the molecule is CN(C[C@H]1Cc2ccccc2CN1C)C(=O)CCCc1cn[nH]c1. The first-order valence-corrected chi connectivity index (χ1v) is 8.62. The largest absolute Gasteiger partial charge is 0.344 e. The fraction of sp³-hybridized carbons (Fsp3) is 0.474. The second kappa shape index (κ2) is 7.62. The number of nitrogens with one attached hydrogen (secondary N) is 1. The fourth-order valence-corrected chi connectivity index (χ4v) is 3.39. The highest BCUT2D eigenvalue weighted by Crippen LogP contribution is 2.22. The standard InChI is InChI=1S/C19H26N4O/c1-22-13-17-8-4-3-7-16(17)10-18(22)14-23(2)19(24)9-5-6-15-11-20-21-12-15/h3-4,7-8,11-12,18H,5-6,9-10,13-14H2,1-2H3,(H,20,21)/t18-/m1/s1. The second-order valence-corrected chi connectivity index (χ2v) is 6.78. The van der Waals surface area contributed by atoms with Crippen molar-refractivity contribution in [2.45, 2.75) is 38.3 Å². The lowest BCUT2D eigenvalue weighted by Gasteiger charge is -2.36. The number of rotatable bonds is 6. The number of hydrogen-bond acceptors (Lipinski definition) is 3. The van der Waals surface area contributed by atoms with E-state index in [4.69, 9.17) is 0 Å². The van der Waals surface area contributed by atoms with E-state index in [1.807, 2.05) is 24.3 Å². The van der Waals surface area contributed by atoms with Crippen LogP contribution in [0.5, 0.6) is 0 Å². The molecule has 1 aromatic carbocycles. The van der Waals surface area contributed by atoms with Crippen molar-refractivity contribution in [3.8, 4) is 0 Å². The van der Waals surface area contributed by atoms with Crippen LogP contribution >= 0.6 is 0 Å². The predicted molar refractivity (Wildman–Crippen MR) is 94.6 cm³/mol. The summed E-state index contributed by atoms with van der Waals surface area (Å²) < 4.78 is 0. The van der Waals surface area contributed by atoms with Crippen LogP contribution in [0.15, 0.2) is 36.7 Å². The number of hydrogen-bond donors (Lipinski definition) is 1. The van der Waals surface area contributed by atoms with Gasteiger partial charge in [-0.05, 0) is 43.0 Å². The molecule has 5 heteroatoms. The molecule has 1 amide bonds. The van der Waals surface area contributed by atoms with Gasteiger partial charge in [-0.3, -0.25) is 14.8 Å². The monoisotopic (exact) mass is 326 g/mol. The molecule has 1 aliphatic rings. The molecule has 24 heavy (non-hydrogen) atoms. The third kappa shape index (κ3) is 4.03. The number of aromatic amines is 1. The van der Waals surface area contributed by atoms with Crippen molar-refractivity contribution in [1.29, 1.82) is 0 Å². The topological polar surface area (TPSA) is 52.2 Å². The number of fused-ring (bicyclic) bond motifs is 1. The number of amides is 1. The molecule has 0 aliphatic carbocycles. The molecule has 0 bridgehead atoms. The van der Waals surface area contributed by atoms with E-state index in [-0.39, 0.29) is 5.91 Å². The summed E-state index contributed by atoms with van der Waals surface area (Å²) in [6.07, 6.45) is 7.08. The third-order valence-corrected chi connectivity index (χ3v) is 4.94. The first-order valence-electron chi connectivity index (χ1n) is 8.62. The molecule has 1 aromatic heterocycles. The van der Waals surface area contributed by atoms with Crippen LogP contribution in [0.4, 0.5) is 0 Å². The molecule has 3 rings (SSSR count). The molecule has 5 nitrogen and oxygen atoms in total. The van der Waals surface area contributed by atoms with Crippen molar-refractivity contribution in [3.63, 3.8) is 0 Å². The Balaban J connectivity index is 1.49. The van der Waals surface area contributed by atoms with Gasteiger partial charge in [-0.25, -0.2) is 0 Å². The highest BCUT2D eigenvalue weighted by molar-refractivity contribution is 5.75. The van der Waals surface area contributed by atoms with Crippen molar-refractivity contribution in [3.05, 3.63) is 53.3 Å². The van der Waals surface area contributed by atoms with Gasteiger partial charge in [0.25, 0.3) is 0 Å². The summed E-state index contributed by atoms with van der Waals surface area (Å²) in [4.78, 5) is 16.6. The summed E-state index contributed by atoms with van der Waals surface area (Å²) in [6, 6.07) is 9.01. The summed E-state index contributed by atoms with van der Waals surface area (Å²) in [5, 5.41) is 6.74. The minimum atomic E-state index is 0.228. The maximum atomic E-state index is 12.4. The lowest BCUT2D eigenvalue weighted by molar-refractivity contribution is -0.130. The van der Waals surface area contributed by atoms with Gasteiger partial charge in [-0.2, -0.15) is 5.10 Å². The smallest absolute Gasteiger partial charge is 0.222 e. The highest BCUT2D eigenvalue weighted by Gasteiger charge is 2.25. The molecular formula is C19H26N4O. The molecular weight excluding hydrogens is 300 g/mol. The van der Waals surface area contributed by atoms with Gasteiger partial charge in [0.05, 0.1) is 6.20 Å². The van der Waals surface area contributed by atoms with Crippen LogP contribution in [0, 0.1) is 0 Å². The number of carbonyl (C=O) groups is 1. The van der Waals surface area contributed by atoms with Crippen LogP contribution in [0.3, 0.4) is 0 Å². The van der Waals surface area contributed by atoms with E-state index in [0.29, 0.717) is 12.5 Å². The average molecular weight is 326 g/mol. The molecule has 1 aliphatic heterocycles. The van der Waals surface area contributed by atoms with E-state index in [9.17, 15) is 4.79 Å². The number of nitrogens with zero attached hydrogens (tertiary/aromatic N) is 3. The Morgan fingerprint density at radius 1 is 1.38 bits per heavy atom. The molecule has 0 unspecified atom stereocenters. The fourth-order valence-electron chi connectivity index (χ4n) is 3.39.